The van der Waals surface area contributed by atoms with Gasteiger partial charge in [-0.3, -0.25) is 9.97 Å². The van der Waals surface area contributed by atoms with Crippen molar-refractivity contribution in [2.24, 2.45) is 0 Å². The number of aliphatic hydroxyl groups is 4. The fraction of sp³-hybridized carbons (Fsp3) is 0.833. The Morgan fingerprint density at radius 2 is 1.30 bits per heavy atom. The van der Waals surface area contributed by atoms with Crippen LogP contribution in [0.4, 0.5) is 0 Å². The van der Waals surface area contributed by atoms with E-state index >= 15 is 0 Å². The Morgan fingerprint density at radius 3 is 1.79 bits per heavy atom. The normalized spacial score (nSPS) is 16.3. The van der Waals surface area contributed by atoms with Gasteiger partial charge < -0.3 is 34.6 Å². The molecule has 0 saturated carbocycles. The monoisotopic (exact) mass is 472 g/mol. The molecule has 0 saturated heterocycles. The number of nitrogens with zero attached hydrogens (tertiary/aromatic N) is 2. The Balaban J connectivity index is 2.86. The van der Waals surface area contributed by atoms with Crippen molar-refractivity contribution in [3.8, 4) is 0 Å². The summed E-state index contributed by atoms with van der Waals surface area (Å²) in [5, 5.41) is 40.5. The first-order valence-electron chi connectivity index (χ1n) is 12.3. The van der Waals surface area contributed by atoms with E-state index in [0.717, 1.165) is 38.5 Å². The van der Waals surface area contributed by atoms with Crippen LogP contribution in [0.1, 0.15) is 76.8 Å². The van der Waals surface area contributed by atoms with Gasteiger partial charge in [0.25, 0.3) is 0 Å². The SMILES string of the molecule is CCCCO[C@H](c1cnc(C[C@H](O)[C@@H](CO)OCCCC)cn1)[C@H](O)[C@@H](CO)OCCCC. The Labute approximate surface area is 198 Å². The molecule has 0 radical (unpaired) electrons. The minimum Gasteiger partial charge on any atom is -0.394 e. The second-order valence-corrected chi connectivity index (χ2v) is 8.23. The molecule has 0 aliphatic heterocycles. The predicted molar refractivity (Wildman–Crippen MR) is 125 cm³/mol. The Morgan fingerprint density at radius 1 is 0.758 bits per heavy atom. The van der Waals surface area contributed by atoms with E-state index in [2.05, 4.69) is 9.97 Å². The van der Waals surface area contributed by atoms with Gasteiger partial charge in [0.2, 0.25) is 0 Å². The van der Waals surface area contributed by atoms with E-state index in [1.54, 1.807) is 0 Å². The van der Waals surface area contributed by atoms with Crippen LogP contribution in [0.3, 0.4) is 0 Å². The molecule has 0 amide bonds. The van der Waals surface area contributed by atoms with Crippen molar-refractivity contribution >= 4 is 0 Å². The van der Waals surface area contributed by atoms with Crippen LogP contribution in [0, 0.1) is 0 Å². The average molecular weight is 473 g/mol. The van der Waals surface area contributed by atoms with E-state index < -0.39 is 30.5 Å². The first-order chi connectivity index (χ1) is 16.0. The van der Waals surface area contributed by atoms with Crippen molar-refractivity contribution < 1.29 is 34.6 Å². The van der Waals surface area contributed by atoms with E-state index in [1.165, 1.54) is 12.4 Å². The van der Waals surface area contributed by atoms with E-state index in [9.17, 15) is 20.4 Å². The van der Waals surface area contributed by atoms with Crippen molar-refractivity contribution in [1.29, 1.82) is 0 Å². The molecule has 192 valence electrons. The van der Waals surface area contributed by atoms with E-state index in [4.69, 9.17) is 14.2 Å². The smallest absolute Gasteiger partial charge is 0.129 e. The molecule has 1 aromatic rings. The lowest BCUT2D eigenvalue weighted by atomic mass is 10.0. The molecule has 1 heterocycles. The van der Waals surface area contributed by atoms with Crippen LogP contribution in [0.25, 0.3) is 0 Å². The number of aliphatic hydroxyl groups excluding tert-OH is 4. The summed E-state index contributed by atoms with van der Waals surface area (Å²) >= 11 is 0. The predicted octanol–water partition coefficient (Wildman–Crippen LogP) is 1.95. The fourth-order valence-electron chi connectivity index (χ4n) is 3.17. The quantitative estimate of drug-likeness (QED) is 0.210. The minimum atomic E-state index is -1.11. The third-order valence-corrected chi connectivity index (χ3v) is 5.37. The summed E-state index contributed by atoms with van der Waals surface area (Å²) in [6, 6.07) is 0. The summed E-state index contributed by atoms with van der Waals surface area (Å²) in [6.45, 7) is 6.86. The van der Waals surface area contributed by atoms with Crippen LogP contribution in [-0.4, -0.2) is 87.8 Å². The zero-order chi connectivity index (χ0) is 24.5. The Bertz CT molecular complexity index is 591. The molecular weight excluding hydrogens is 428 g/mol. The highest BCUT2D eigenvalue weighted by atomic mass is 16.5. The van der Waals surface area contributed by atoms with Gasteiger partial charge in [0.05, 0.1) is 36.9 Å². The van der Waals surface area contributed by atoms with Gasteiger partial charge in [-0.15, -0.1) is 0 Å². The number of hydrogen-bond donors (Lipinski definition) is 4. The van der Waals surface area contributed by atoms with Crippen molar-refractivity contribution in [2.45, 2.75) is 96.2 Å². The molecule has 5 atom stereocenters. The number of hydrogen-bond acceptors (Lipinski definition) is 9. The van der Waals surface area contributed by atoms with Gasteiger partial charge in [0.1, 0.15) is 24.4 Å². The van der Waals surface area contributed by atoms with Gasteiger partial charge >= 0.3 is 0 Å². The Hall–Kier alpha value is -1.20. The third-order valence-electron chi connectivity index (χ3n) is 5.37. The molecule has 0 aliphatic rings. The maximum absolute atomic E-state index is 10.9. The van der Waals surface area contributed by atoms with Gasteiger partial charge in [-0.05, 0) is 19.3 Å². The summed E-state index contributed by atoms with van der Waals surface area (Å²) in [7, 11) is 0. The zero-order valence-corrected chi connectivity index (χ0v) is 20.4. The highest BCUT2D eigenvalue weighted by molar-refractivity contribution is 5.09. The molecule has 0 unspecified atom stereocenters. The van der Waals surface area contributed by atoms with Crippen molar-refractivity contribution in [1.82, 2.24) is 9.97 Å². The van der Waals surface area contributed by atoms with Crippen LogP contribution in [-0.2, 0) is 20.6 Å². The summed E-state index contributed by atoms with van der Waals surface area (Å²) in [4.78, 5) is 8.78. The maximum atomic E-state index is 10.9. The van der Waals surface area contributed by atoms with Crippen LogP contribution in [0.5, 0.6) is 0 Å². The molecule has 4 N–H and O–H groups in total. The van der Waals surface area contributed by atoms with E-state index in [1.807, 2.05) is 20.8 Å². The molecule has 1 rings (SSSR count). The van der Waals surface area contributed by atoms with Gasteiger partial charge in [-0.1, -0.05) is 40.0 Å². The van der Waals surface area contributed by atoms with Crippen LogP contribution in [0.2, 0.25) is 0 Å². The summed E-state index contributed by atoms with van der Waals surface area (Å²) in [5.41, 5.74) is 0.954. The molecule has 0 aliphatic carbocycles. The van der Waals surface area contributed by atoms with E-state index in [0.29, 0.717) is 31.2 Å². The minimum absolute atomic E-state index is 0.175. The summed E-state index contributed by atoms with van der Waals surface area (Å²) < 4.78 is 17.1. The Kier molecular flexibility index (Phi) is 16.4. The molecule has 1 aromatic heterocycles. The second kappa shape index (κ2) is 18.2. The highest BCUT2D eigenvalue weighted by Gasteiger charge is 2.31. The standard InChI is InChI=1S/C24H44N2O7/c1-4-7-10-31-21(16-27)20(29)13-18-14-26-19(15-25-18)24(33-12-9-6-3)23(30)22(17-28)32-11-8-5-2/h14-15,20-24,27-30H,4-13,16-17H2,1-3H3/t20-,21+,22+,23+,24+/m0/s1. The lowest BCUT2D eigenvalue weighted by Gasteiger charge is -2.28. The van der Waals surface area contributed by atoms with Crippen LogP contribution < -0.4 is 0 Å². The van der Waals surface area contributed by atoms with Gasteiger partial charge in [0, 0.05) is 32.4 Å². The lowest BCUT2D eigenvalue weighted by Crippen LogP contribution is -2.39. The molecular formula is C24H44N2O7. The van der Waals surface area contributed by atoms with Crippen LogP contribution in [0.15, 0.2) is 12.4 Å². The summed E-state index contributed by atoms with van der Waals surface area (Å²) in [6.07, 6.45) is 4.26. The summed E-state index contributed by atoms with van der Waals surface area (Å²) in [5.74, 6) is 0. The van der Waals surface area contributed by atoms with Crippen molar-refractivity contribution in [3.63, 3.8) is 0 Å². The van der Waals surface area contributed by atoms with Crippen molar-refractivity contribution in [2.75, 3.05) is 33.0 Å². The molecule has 0 fully saturated rings. The topological polar surface area (TPSA) is 134 Å². The zero-order valence-electron chi connectivity index (χ0n) is 20.4. The van der Waals surface area contributed by atoms with E-state index in [-0.39, 0.29) is 19.6 Å². The maximum Gasteiger partial charge on any atom is 0.129 e. The molecule has 33 heavy (non-hydrogen) atoms. The molecule has 0 bridgehead atoms. The van der Waals surface area contributed by atoms with Gasteiger partial charge in [0.15, 0.2) is 0 Å². The van der Waals surface area contributed by atoms with Gasteiger partial charge in [-0.2, -0.15) is 0 Å². The molecule has 9 heteroatoms. The van der Waals surface area contributed by atoms with Crippen LogP contribution >= 0.6 is 0 Å². The molecule has 0 spiro atoms. The number of unbranched alkanes of at least 4 members (excludes halogenated alkanes) is 3. The fourth-order valence-corrected chi connectivity index (χ4v) is 3.17. The third kappa shape index (κ3) is 11.2. The first-order valence-corrected chi connectivity index (χ1v) is 12.3. The number of aromatic nitrogens is 2. The average Bonchev–Trinajstić information content (AvgIpc) is 2.83. The second-order valence-electron chi connectivity index (χ2n) is 8.23. The molecule has 9 nitrogen and oxygen atoms in total. The number of ether oxygens (including phenoxy) is 3. The van der Waals surface area contributed by atoms with Gasteiger partial charge in [-0.25, -0.2) is 0 Å². The first kappa shape index (κ1) is 29.8. The van der Waals surface area contributed by atoms with Crippen molar-refractivity contribution in [3.05, 3.63) is 23.8 Å². The number of rotatable bonds is 20. The lowest BCUT2D eigenvalue weighted by molar-refractivity contribution is -0.128. The largest absolute Gasteiger partial charge is 0.394 e. The molecule has 0 aromatic carbocycles. The highest BCUT2D eigenvalue weighted by Crippen LogP contribution is 2.24.